The number of ether oxygens (including phenoxy) is 2. The van der Waals surface area contributed by atoms with E-state index >= 15 is 0 Å². The first-order valence-electron chi connectivity index (χ1n) is 9.99. The molecule has 0 saturated carbocycles. The van der Waals surface area contributed by atoms with E-state index in [1.54, 1.807) is 36.1 Å². The van der Waals surface area contributed by atoms with Gasteiger partial charge in [-0.1, -0.05) is 12.1 Å². The van der Waals surface area contributed by atoms with Crippen LogP contribution in [-0.2, 0) is 16.1 Å². The molecule has 0 spiro atoms. The third-order valence-corrected chi connectivity index (χ3v) is 5.38. The monoisotopic (exact) mass is 400 g/mol. The quantitative estimate of drug-likeness (QED) is 0.688. The molecule has 1 aromatic carbocycles. The molecule has 0 aliphatic carbocycles. The molecular weight excluding hydrogens is 372 g/mol. The summed E-state index contributed by atoms with van der Waals surface area (Å²) in [5.74, 6) is 1.33. The smallest absolute Gasteiger partial charge is 0.338 e. The fraction of sp³-hybridized carbons (Fsp3) is 0.500. The minimum absolute atomic E-state index is 0.135. The summed E-state index contributed by atoms with van der Waals surface area (Å²) < 4.78 is 16.2. The third-order valence-electron chi connectivity index (χ3n) is 5.38. The summed E-state index contributed by atoms with van der Waals surface area (Å²) >= 11 is 0. The van der Waals surface area contributed by atoms with Crippen molar-refractivity contribution in [2.45, 2.75) is 53.2 Å². The highest BCUT2D eigenvalue weighted by Gasteiger charge is 2.27. The molecule has 1 amide bonds. The van der Waals surface area contributed by atoms with Gasteiger partial charge in [0, 0.05) is 13.1 Å². The Hall–Kier alpha value is -2.83. The molecule has 0 N–H and O–H groups in total. The number of piperidine rings is 1. The van der Waals surface area contributed by atoms with Crippen molar-refractivity contribution in [3.05, 3.63) is 46.8 Å². The van der Waals surface area contributed by atoms with E-state index < -0.39 is 12.1 Å². The number of esters is 1. The molecule has 29 heavy (non-hydrogen) atoms. The van der Waals surface area contributed by atoms with Gasteiger partial charge >= 0.3 is 5.97 Å². The van der Waals surface area contributed by atoms with Crippen LogP contribution in [0.15, 0.2) is 28.8 Å². The zero-order valence-electron chi connectivity index (χ0n) is 17.4. The van der Waals surface area contributed by atoms with Crippen LogP contribution < -0.4 is 4.74 Å². The van der Waals surface area contributed by atoms with E-state index in [0.717, 1.165) is 42.9 Å². The van der Waals surface area contributed by atoms with Crippen LogP contribution in [0, 0.1) is 19.8 Å². The molecule has 0 bridgehead atoms. The number of aromatic nitrogens is 1. The maximum Gasteiger partial charge on any atom is 0.338 e. The molecule has 1 aliphatic heterocycles. The summed E-state index contributed by atoms with van der Waals surface area (Å²) in [7, 11) is 0. The Morgan fingerprint density at radius 1 is 1.21 bits per heavy atom. The van der Waals surface area contributed by atoms with Crippen LogP contribution in [0.25, 0.3) is 0 Å². The molecule has 0 unspecified atom stereocenters. The minimum Gasteiger partial charge on any atom is -0.489 e. The van der Waals surface area contributed by atoms with Crippen molar-refractivity contribution in [1.29, 1.82) is 0 Å². The lowest BCUT2D eigenvalue weighted by molar-refractivity contribution is -0.141. The van der Waals surface area contributed by atoms with E-state index in [2.05, 4.69) is 12.1 Å². The van der Waals surface area contributed by atoms with Gasteiger partial charge in [-0.2, -0.15) is 0 Å². The molecule has 7 heteroatoms. The molecule has 0 radical (unpaired) electrons. The van der Waals surface area contributed by atoms with Crippen LogP contribution in [0.4, 0.5) is 0 Å². The van der Waals surface area contributed by atoms with Crippen molar-refractivity contribution in [3.8, 4) is 5.75 Å². The average Bonchev–Trinajstić information content (AvgIpc) is 3.04. The van der Waals surface area contributed by atoms with E-state index in [9.17, 15) is 9.59 Å². The zero-order chi connectivity index (χ0) is 21.0. The van der Waals surface area contributed by atoms with Gasteiger partial charge in [0.1, 0.15) is 18.1 Å². The summed E-state index contributed by atoms with van der Waals surface area (Å²) in [6.45, 7) is 9.29. The number of carbonyl (C=O) groups is 2. The molecule has 1 atom stereocenters. The van der Waals surface area contributed by atoms with Crippen molar-refractivity contribution < 1.29 is 23.6 Å². The van der Waals surface area contributed by atoms with Crippen molar-refractivity contribution >= 4 is 11.9 Å². The normalized spacial score (nSPS) is 15.8. The van der Waals surface area contributed by atoms with E-state index in [1.165, 1.54) is 0 Å². The summed E-state index contributed by atoms with van der Waals surface area (Å²) in [4.78, 5) is 26.7. The molecule has 1 aliphatic rings. The maximum absolute atomic E-state index is 12.5. The van der Waals surface area contributed by atoms with Gasteiger partial charge in [0.15, 0.2) is 6.10 Å². The number of likely N-dealkylation sites (tertiary alicyclic amines) is 1. The fourth-order valence-corrected chi connectivity index (χ4v) is 3.32. The second-order valence-electron chi connectivity index (χ2n) is 7.67. The van der Waals surface area contributed by atoms with Gasteiger partial charge in [0.05, 0.1) is 16.8 Å². The molecule has 1 aromatic heterocycles. The largest absolute Gasteiger partial charge is 0.489 e. The van der Waals surface area contributed by atoms with Gasteiger partial charge in [-0.25, -0.2) is 4.79 Å². The molecule has 156 valence electrons. The second kappa shape index (κ2) is 9.11. The molecule has 1 fully saturated rings. The molecular formula is C22H28N2O5. The molecule has 1 saturated heterocycles. The van der Waals surface area contributed by atoms with Crippen LogP contribution in [0.3, 0.4) is 0 Å². The Bertz CT molecular complexity index is 831. The first kappa shape index (κ1) is 20.9. The Morgan fingerprint density at radius 2 is 1.86 bits per heavy atom. The average molecular weight is 400 g/mol. The van der Waals surface area contributed by atoms with Crippen LogP contribution in [-0.4, -0.2) is 41.1 Å². The minimum atomic E-state index is -0.800. The number of hydrogen-bond donors (Lipinski definition) is 0. The SMILES string of the molecule is Cc1noc(C)c1COc1ccc(C(=O)O[C@@H](C)C(=O)N2CCC(C)CC2)cc1. The second-order valence-corrected chi connectivity index (χ2v) is 7.67. The maximum atomic E-state index is 12.5. The predicted octanol–water partition coefficient (Wildman–Crippen LogP) is 3.67. The number of aryl methyl sites for hydroxylation is 2. The molecule has 7 nitrogen and oxygen atoms in total. The van der Waals surface area contributed by atoms with E-state index in [1.807, 2.05) is 13.8 Å². The van der Waals surface area contributed by atoms with E-state index in [4.69, 9.17) is 14.0 Å². The summed E-state index contributed by atoms with van der Waals surface area (Å²) in [5.41, 5.74) is 2.08. The number of rotatable bonds is 6. The van der Waals surface area contributed by atoms with Crippen LogP contribution in [0.5, 0.6) is 5.75 Å². The number of nitrogens with zero attached hydrogens (tertiary/aromatic N) is 2. The van der Waals surface area contributed by atoms with Crippen LogP contribution >= 0.6 is 0 Å². The predicted molar refractivity (Wildman–Crippen MR) is 107 cm³/mol. The number of benzene rings is 1. The standard InChI is InChI=1S/C22H28N2O5/c1-14-9-11-24(12-10-14)21(25)17(4)28-22(26)18-5-7-19(8-6-18)27-13-20-15(2)23-29-16(20)3/h5-8,14,17H,9-13H2,1-4H3/t17-/m0/s1. The van der Waals surface area contributed by atoms with E-state index in [-0.39, 0.29) is 5.91 Å². The lowest BCUT2D eigenvalue weighted by Gasteiger charge is -2.31. The van der Waals surface area contributed by atoms with Gasteiger partial charge in [-0.15, -0.1) is 0 Å². The van der Waals surface area contributed by atoms with Crippen molar-refractivity contribution in [3.63, 3.8) is 0 Å². The first-order valence-corrected chi connectivity index (χ1v) is 9.99. The zero-order valence-corrected chi connectivity index (χ0v) is 17.4. The highest BCUT2D eigenvalue weighted by atomic mass is 16.5. The number of hydrogen-bond acceptors (Lipinski definition) is 6. The van der Waals surface area contributed by atoms with Crippen LogP contribution in [0.1, 0.15) is 54.1 Å². The van der Waals surface area contributed by atoms with Crippen LogP contribution in [0.2, 0.25) is 0 Å². The number of carbonyl (C=O) groups excluding carboxylic acids is 2. The molecule has 2 heterocycles. The fourth-order valence-electron chi connectivity index (χ4n) is 3.32. The third kappa shape index (κ3) is 5.16. The first-order chi connectivity index (χ1) is 13.8. The topological polar surface area (TPSA) is 81.9 Å². The lowest BCUT2D eigenvalue weighted by Crippen LogP contribution is -2.44. The summed E-state index contributed by atoms with van der Waals surface area (Å²) in [6.07, 6.45) is 1.18. The highest BCUT2D eigenvalue weighted by Crippen LogP contribution is 2.20. The Morgan fingerprint density at radius 3 is 2.45 bits per heavy atom. The van der Waals surface area contributed by atoms with Gasteiger partial charge in [0.2, 0.25) is 0 Å². The Kier molecular flexibility index (Phi) is 6.56. The Balaban J connectivity index is 1.52. The van der Waals surface area contributed by atoms with Crippen molar-refractivity contribution in [2.75, 3.05) is 13.1 Å². The van der Waals surface area contributed by atoms with Crippen molar-refractivity contribution in [1.82, 2.24) is 10.1 Å². The summed E-state index contributed by atoms with van der Waals surface area (Å²) in [5, 5.41) is 3.90. The van der Waals surface area contributed by atoms with Gasteiger partial charge < -0.3 is 18.9 Å². The lowest BCUT2D eigenvalue weighted by atomic mass is 9.99. The van der Waals surface area contributed by atoms with E-state index in [0.29, 0.717) is 23.8 Å². The van der Waals surface area contributed by atoms with Crippen molar-refractivity contribution in [2.24, 2.45) is 5.92 Å². The Labute approximate surface area is 171 Å². The molecule has 2 aromatic rings. The van der Waals surface area contributed by atoms with Gasteiger partial charge in [-0.05, 0) is 63.8 Å². The van der Waals surface area contributed by atoms with Gasteiger partial charge in [-0.3, -0.25) is 4.79 Å². The molecule has 3 rings (SSSR count). The highest BCUT2D eigenvalue weighted by molar-refractivity contribution is 5.92. The number of amides is 1. The van der Waals surface area contributed by atoms with Gasteiger partial charge in [0.25, 0.3) is 5.91 Å². The summed E-state index contributed by atoms with van der Waals surface area (Å²) in [6, 6.07) is 6.66.